The van der Waals surface area contributed by atoms with Crippen molar-refractivity contribution in [3.63, 3.8) is 0 Å². The Kier molecular flexibility index (Phi) is 8.24. The minimum Gasteiger partial charge on any atom is -0.489 e. The number of benzene rings is 1. The predicted octanol–water partition coefficient (Wildman–Crippen LogP) is 5.11. The molecule has 0 N–H and O–H groups in total. The van der Waals surface area contributed by atoms with Crippen molar-refractivity contribution in [1.82, 2.24) is 0 Å². The van der Waals surface area contributed by atoms with Gasteiger partial charge in [0.2, 0.25) is 0 Å². The van der Waals surface area contributed by atoms with E-state index in [-0.39, 0.29) is 0 Å². The molecule has 1 aliphatic rings. The smallest absolute Gasteiger partial charge is 0.137 e. The average Bonchev–Trinajstić information content (AvgIpc) is 3.23. The summed E-state index contributed by atoms with van der Waals surface area (Å²) >= 11 is 5.91. The zero-order valence-electron chi connectivity index (χ0n) is 11.9. The summed E-state index contributed by atoms with van der Waals surface area (Å²) < 4.78 is 5.60. The second-order valence-electron chi connectivity index (χ2n) is 3.47. The van der Waals surface area contributed by atoms with E-state index in [1.165, 1.54) is 0 Å². The Hall–Kier alpha value is -1.20. The Bertz CT molecular complexity index is 406. The number of nitrogens with zero attached hydrogens (tertiary/aromatic N) is 1. The van der Waals surface area contributed by atoms with Gasteiger partial charge in [-0.05, 0) is 37.5 Å². The molecule has 0 saturated heterocycles. The molecule has 0 aromatic heterocycles. The third-order valence-electron chi connectivity index (χ3n) is 2.29. The molecule has 2 rings (SSSR count). The summed E-state index contributed by atoms with van der Waals surface area (Å²) in [6, 6.07) is 5.67. The van der Waals surface area contributed by atoms with E-state index in [9.17, 15) is 0 Å². The van der Waals surface area contributed by atoms with E-state index in [0.717, 1.165) is 18.4 Å². The molecular weight excluding hydrogens is 246 g/mol. The van der Waals surface area contributed by atoms with Crippen LogP contribution in [0.15, 0.2) is 12.1 Å². The van der Waals surface area contributed by atoms with Gasteiger partial charge in [0, 0.05) is 5.02 Å². The first kappa shape index (κ1) is 16.8. The highest BCUT2D eigenvalue weighted by Crippen LogP contribution is 2.32. The van der Waals surface area contributed by atoms with Gasteiger partial charge in [-0.1, -0.05) is 39.3 Å². The first-order valence-corrected chi connectivity index (χ1v) is 6.96. The van der Waals surface area contributed by atoms with Crippen LogP contribution >= 0.6 is 11.6 Å². The highest BCUT2D eigenvalue weighted by atomic mass is 35.5. The van der Waals surface area contributed by atoms with Crippen LogP contribution in [0.4, 0.5) is 0 Å². The van der Waals surface area contributed by atoms with Gasteiger partial charge in [0.15, 0.2) is 0 Å². The van der Waals surface area contributed by atoms with Gasteiger partial charge in [0.05, 0.1) is 11.7 Å². The predicted molar refractivity (Wildman–Crippen MR) is 77.3 cm³/mol. The molecule has 18 heavy (non-hydrogen) atoms. The molecule has 0 radical (unpaired) electrons. The van der Waals surface area contributed by atoms with Crippen LogP contribution in [0, 0.1) is 18.3 Å². The lowest BCUT2D eigenvalue weighted by Gasteiger charge is -2.09. The van der Waals surface area contributed by atoms with Crippen molar-refractivity contribution >= 4 is 11.6 Å². The Morgan fingerprint density at radius 2 is 1.78 bits per heavy atom. The molecule has 3 heteroatoms. The average molecular weight is 268 g/mol. The lowest BCUT2D eigenvalue weighted by molar-refractivity contribution is 0.302. The van der Waals surface area contributed by atoms with Crippen LogP contribution in [-0.2, 0) is 0 Å². The number of hydrogen-bond donors (Lipinski definition) is 0. The molecule has 0 aliphatic heterocycles. The fourth-order valence-corrected chi connectivity index (χ4v) is 1.42. The van der Waals surface area contributed by atoms with Crippen molar-refractivity contribution in [3.05, 3.63) is 28.3 Å². The number of rotatable bonds is 2. The van der Waals surface area contributed by atoms with Gasteiger partial charge in [-0.25, -0.2) is 0 Å². The van der Waals surface area contributed by atoms with Crippen molar-refractivity contribution < 1.29 is 4.74 Å². The minimum atomic E-state index is 0.308. The maximum Gasteiger partial charge on any atom is 0.137 e. The Balaban J connectivity index is 0.000000659. The fraction of sp³-hybridized carbons (Fsp3) is 0.533. The van der Waals surface area contributed by atoms with Crippen LogP contribution in [0.3, 0.4) is 0 Å². The van der Waals surface area contributed by atoms with Crippen molar-refractivity contribution in [1.29, 1.82) is 5.26 Å². The lowest BCUT2D eigenvalue weighted by atomic mass is 10.1. The highest BCUT2D eigenvalue weighted by molar-refractivity contribution is 6.31. The zero-order valence-corrected chi connectivity index (χ0v) is 12.6. The van der Waals surface area contributed by atoms with Gasteiger partial charge in [-0.15, -0.1) is 0 Å². The van der Waals surface area contributed by atoms with Crippen LogP contribution < -0.4 is 4.74 Å². The molecule has 0 spiro atoms. The van der Waals surface area contributed by atoms with Crippen LogP contribution in [0.25, 0.3) is 0 Å². The first-order chi connectivity index (χ1) is 8.72. The van der Waals surface area contributed by atoms with E-state index in [0.29, 0.717) is 22.4 Å². The van der Waals surface area contributed by atoms with E-state index < -0.39 is 0 Å². The summed E-state index contributed by atoms with van der Waals surface area (Å²) in [6.45, 7) is 9.83. The van der Waals surface area contributed by atoms with Gasteiger partial charge in [-0.3, -0.25) is 0 Å². The van der Waals surface area contributed by atoms with E-state index in [2.05, 4.69) is 6.07 Å². The molecular formula is C15H22ClNO. The molecule has 0 heterocycles. The van der Waals surface area contributed by atoms with Gasteiger partial charge in [0.25, 0.3) is 0 Å². The van der Waals surface area contributed by atoms with E-state index in [1.54, 1.807) is 12.1 Å². The summed E-state index contributed by atoms with van der Waals surface area (Å²) in [5, 5.41) is 9.58. The SMILES string of the molecule is CC.CC.Cc1c(Cl)ccc(OC2CC2)c1C#N. The number of ether oxygens (including phenoxy) is 1. The summed E-state index contributed by atoms with van der Waals surface area (Å²) in [5.41, 5.74) is 1.36. The zero-order chi connectivity index (χ0) is 14.1. The van der Waals surface area contributed by atoms with Crippen LogP contribution in [0.1, 0.15) is 51.7 Å². The van der Waals surface area contributed by atoms with E-state index >= 15 is 0 Å². The van der Waals surface area contributed by atoms with E-state index in [1.807, 2.05) is 34.6 Å². The fourth-order valence-electron chi connectivity index (χ4n) is 1.26. The monoisotopic (exact) mass is 267 g/mol. The standard InChI is InChI=1S/C11H10ClNO.2C2H6/c1-7-9(6-13)11(5-4-10(7)12)14-8-2-3-8;2*1-2/h4-5,8H,2-3H2,1H3;2*1-2H3. The minimum absolute atomic E-state index is 0.308. The van der Waals surface area contributed by atoms with Gasteiger partial charge in [0.1, 0.15) is 11.8 Å². The Morgan fingerprint density at radius 1 is 1.22 bits per heavy atom. The van der Waals surface area contributed by atoms with Gasteiger partial charge >= 0.3 is 0 Å². The second kappa shape index (κ2) is 8.83. The topological polar surface area (TPSA) is 33.0 Å². The normalized spacial score (nSPS) is 12.3. The maximum atomic E-state index is 8.97. The summed E-state index contributed by atoms with van der Waals surface area (Å²) in [4.78, 5) is 0. The number of halogens is 1. The first-order valence-electron chi connectivity index (χ1n) is 6.58. The highest BCUT2D eigenvalue weighted by Gasteiger charge is 2.25. The van der Waals surface area contributed by atoms with Gasteiger partial charge in [-0.2, -0.15) is 5.26 Å². The van der Waals surface area contributed by atoms with Crippen molar-refractivity contribution in [2.24, 2.45) is 0 Å². The third kappa shape index (κ3) is 4.58. The molecule has 1 aromatic carbocycles. The molecule has 0 atom stereocenters. The molecule has 1 aliphatic carbocycles. The molecule has 0 bridgehead atoms. The molecule has 1 aromatic rings. The molecule has 1 fully saturated rings. The molecule has 0 unspecified atom stereocenters. The molecule has 2 nitrogen and oxygen atoms in total. The van der Waals surface area contributed by atoms with E-state index in [4.69, 9.17) is 21.6 Å². The van der Waals surface area contributed by atoms with Crippen LogP contribution in [-0.4, -0.2) is 6.10 Å². The van der Waals surface area contributed by atoms with Crippen molar-refractivity contribution in [2.45, 2.75) is 53.6 Å². The maximum absolute atomic E-state index is 8.97. The molecule has 100 valence electrons. The summed E-state index contributed by atoms with van der Waals surface area (Å²) in [7, 11) is 0. The van der Waals surface area contributed by atoms with Crippen molar-refractivity contribution in [2.75, 3.05) is 0 Å². The summed E-state index contributed by atoms with van der Waals surface area (Å²) in [6.07, 6.45) is 2.49. The summed E-state index contributed by atoms with van der Waals surface area (Å²) in [5.74, 6) is 0.664. The van der Waals surface area contributed by atoms with Gasteiger partial charge < -0.3 is 4.74 Å². The Labute approximate surface area is 116 Å². The Morgan fingerprint density at radius 3 is 2.22 bits per heavy atom. The lowest BCUT2D eigenvalue weighted by Crippen LogP contribution is -1.99. The molecule has 0 amide bonds. The second-order valence-corrected chi connectivity index (χ2v) is 3.88. The molecule has 1 saturated carbocycles. The largest absolute Gasteiger partial charge is 0.489 e. The van der Waals surface area contributed by atoms with Crippen molar-refractivity contribution in [3.8, 4) is 11.8 Å². The quantitative estimate of drug-likeness (QED) is 0.746. The van der Waals surface area contributed by atoms with Crippen LogP contribution in [0.5, 0.6) is 5.75 Å². The number of hydrogen-bond acceptors (Lipinski definition) is 2. The van der Waals surface area contributed by atoms with Crippen LogP contribution in [0.2, 0.25) is 5.02 Å². The third-order valence-corrected chi connectivity index (χ3v) is 2.70. The number of nitriles is 1.